The van der Waals surface area contributed by atoms with Crippen molar-refractivity contribution in [3.63, 3.8) is 0 Å². The minimum atomic E-state index is 0.265. The van der Waals surface area contributed by atoms with E-state index in [9.17, 15) is 0 Å². The van der Waals surface area contributed by atoms with Gasteiger partial charge in [-0.3, -0.25) is 4.68 Å². The van der Waals surface area contributed by atoms with Crippen LogP contribution in [0.15, 0.2) is 6.07 Å². The van der Waals surface area contributed by atoms with Crippen LogP contribution < -0.4 is 5.73 Å². The summed E-state index contributed by atoms with van der Waals surface area (Å²) in [4.78, 5) is 0. The van der Waals surface area contributed by atoms with Crippen LogP contribution in [0.2, 0.25) is 0 Å². The molecule has 2 atom stereocenters. The Balaban J connectivity index is 2.57. The lowest BCUT2D eigenvalue weighted by molar-refractivity contribution is 0.364. The molecule has 1 aromatic rings. The summed E-state index contributed by atoms with van der Waals surface area (Å²) >= 11 is 0. The van der Waals surface area contributed by atoms with Crippen LogP contribution in [0.5, 0.6) is 0 Å². The minimum Gasteiger partial charge on any atom is -0.327 e. The van der Waals surface area contributed by atoms with Crippen LogP contribution in [0.1, 0.15) is 50.9 Å². The van der Waals surface area contributed by atoms with Crippen LogP contribution >= 0.6 is 0 Å². The van der Waals surface area contributed by atoms with Crippen molar-refractivity contribution in [3.05, 3.63) is 17.5 Å². The van der Waals surface area contributed by atoms with Gasteiger partial charge < -0.3 is 5.73 Å². The Labute approximate surface area is 105 Å². The van der Waals surface area contributed by atoms with Gasteiger partial charge in [0.05, 0.1) is 5.69 Å². The number of nitrogens with two attached hydrogens (primary N) is 1. The molecule has 1 heterocycles. The zero-order valence-corrected chi connectivity index (χ0v) is 11.7. The number of nitrogens with zero attached hydrogens (tertiary/aromatic N) is 2. The molecule has 0 spiro atoms. The van der Waals surface area contributed by atoms with E-state index in [1.165, 1.54) is 31.4 Å². The predicted molar refractivity (Wildman–Crippen MR) is 72.9 cm³/mol. The van der Waals surface area contributed by atoms with Crippen molar-refractivity contribution in [2.24, 2.45) is 18.7 Å². The number of rotatable bonds is 7. The Hall–Kier alpha value is -0.830. The zero-order chi connectivity index (χ0) is 12.8. The standard InChI is InChI=1S/C14H27N3/c1-5-7-8-12(6-2)14(15)10-13-9-11(3)16-17(13)4/h9,12,14H,5-8,10,15H2,1-4H3. The summed E-state index contributed by atoms with van der Waals surface area (Å²) in [6.45, 7) is 6.51. The van der Waals surface area contributed by atoms with Crippen LogP contribution in [0.4, 0.5) is 0 Å². The zero-order valence-electron chi connectivity index (χ0n) is 11.7. The quantitative estimate of drug-likeness (QED) is 0.792. The molecule has 0 fully saturated rings. The van der Waals surface area contributed by atoms with Crippen LogP contribution in [0.25, 0.3) is 0 Å². The highest BCUT2D eigenvalue weighted by molar-refractivity contribution is 5.10. The summed E-state index contributed by atoms with van der Waals surface area (Å²) in [5.41, 5.74) is 8.67. The first-order chi connectivity index (χ1) is 8.08. The first-order valence-corrected chi connectivity index (χ1v) is 6.83. The van der Waals surface area contributed by atoms with Crippen molar-refractivity contribution in [2.75, 3.05) is 0 Å². The van der Waals surface area contributed by atoms with Crippen molar-refractivity contribution in [3.8, 4) is 0 Å². The van der Waals surface area contributed by atoms with E-state index in [0.717, 1.165) is 12.1 Å². The van der Waals surface area contributed by atoms with Gasteiger partial charge in [0.15, 0.2) is 0 Å². The van der Waals surface area contributed by atoms with Gasteiger partial charge in [0.25, 0.3) is 0 Å². The van der Waals surface area contributed by atoms with Gasteiger partial charge in [-0.2, -0.15) is 5.10 Å². The Bertz CT molecular complexity index is 330. The van der Waals surface area contributed by atoms with Gasteiger partial charge in [-0.25, -0.2) is 0 Å². The third-order valence-electron chi connectivity index (χ3n) is 3.60. The Morgan fingerprint density at radius 3 is 2.59 bits per heavy atom. The fourth-order valence-electron chi connectivity index (χ4n) is 2.45. The molecule has 98 valence electrons. The van der Waals surface area contributed by atoms with Crippen molar-refractivity contribution < 1.29 is 0 Å². The Kier molecular flexibility index (Phi) is 5.69. The van der Waals surface area contributed by atoms with E-state index in [1.807, 2.05) is 18.7 Å². The van der Waals surface area contributed by atoms with Crippen molar-refractivity contribution in [1.82, 2.24) is 9.78 Å². The van der Waals surface area contributed by atoms with Gasteiger partial charge in [0, 0.05) is 25.2 Å². The molecule has 1 rings (SSSR count). The molecule has 0 aromatic carbocycles. The van der Waals surface area contributed by atoms with Gasteiger partial charge >= 0.3 is 0 Å². The average Bonchev–Trinajstić information content (AvgIpc) is 2.58. The summed E-state index contributed by atoms with van der Waals surface area (Å²) in [6, 6.07) is 2.41. The Morgan fingerprint density at radius 1 is 1.41 bits per heavy atom. The van der Waals surface area contributed by atoms with Crippen molar-refractivity contribution >= 4 is 0 Å². The molecule has 0 bridgehead atoms. The maximum absolute atomic E-state index is 6.34. The second-order valence-corrected chi connectivity index (χ2v) is 5.08. The third kappa shape index (κ3) is 4.15. The molecule has 0 saturated carbocycles. The van der Waals surface area contributed by atoms with E-state index in [-0.39, 0.29) is 6.04 Å². The lowest BCUT2D eigenvalue weighted by Gasteiger charge is -2.22. The molecule has 0 saturated heterocycles. The molecule has 0 amide bonds. The fourth-order valence-corrected chi connectivity index (χ4v) is 2.45. The molecular formula is C14H27N3. The molecule has 2 unspecified atom stereocenters. The highest BCUT2D eigenvalue weighted by Crippen LogP contribution is 2.18. The largest absolute Gasteiger partial charge is 0.327 e. The second-order valence-electron chi connectivity index (χ2n) is 5.08. The van der Waals surface area contributed by atoms with Crippen LogP contribution in [0, 0.1) is 12.8 Å². The molecule has 0 aliphatic rings. The highest BCUT2D eigenvalue weighted by Gasteiger charge is 2.17. The van der Waals surface area contributed by atoms with Gasteiger partial charge in [-0.05, 0) is 25.3 Å². The maximum atomic E-state index is 6.34. The predicted octanol–water partition coefficient (Wildman–Crippen LogP) is 2.81. The van der Waals surface area contributed by atoms with Gasteiger partial charge in [0.1, 0.15) is 0 Å². The number of aryl methyl sites for hydroxylation is 2. The molecule has 2 N–H and O–H groups in total. The van der Waals surface area contributed by atoms with Crippen molar-refractivity contribution in [1.29, 1.82) is 0 Å². The SMILES string of the molecule is CCCCC(CC)C(N)Cc1cc(C)nn1C. The molecule has 1 aromatic heterocycles. The van der Waals surface area contributed by atoms with Crippen LogP contribution in [-0.2, 0) is 13.5 Å². The topological polar surface area (TPSA) is 43.8 Å². The van der Waals surface area contributed by atoms with E-state index in [1.54, 1.807) is 0 Å². The van der Waals surface area contributed by atoms with Crippen LogP contribution in [-0.4, -0.2) is 15.8 Å². The molecule has 0 radical (unpaired) electrons. The summed E-state index contributed by atoms with van der Waals surface area (Å²) in [5.74, 6) is 0.644. The smallest absolute Gasteiger partial charge is 0.0596 e. The molecule has 3 heteroatoms. The lowest BCUT2D eigenvalue weighted by Crippen LogP contribution is -2.32. The van der Waals surface area contributed by atoms with Gasteiger partial charge in [0.2, 0.25) is 0 Å². The first-order valence-electron chi connectivity index (χ1n) is 6.83. The van der Waals surface area contributed by atoms with Crippen molar-refractivity contribution in [2.45, 2.75) is 58.9 Å². The summed E-state index contributed by atoms with van der Waals surface area (Å²) in [7, 11) is 2.00. The highest BCUT2D eigenvalue weighted by atomic mass is 15.3. The molecular weight excluding hydrogens is 210 g/mol. The number of hydrogen-bond donors (Lipinski definition) is 1. The molecule has 0 aliphatic carbocycles. The van der Waals surface area contributed by atoms with E-state index < -0.39 is 0 Å². The maximum Gasteiger partial charge on any atom is 0.0596 e. The second kappa shape index (κ2) is 6.80. The van der Waals surface area contributed by atoms with Gasteiger partial charge in [-0.1, -0.05) is 33.1 Å². The first kappa shape index (κ1) is 14.2. The fraction of sp³-hybridized carbons (Fsp3) is 0.786. The van der Waals surface area contributed by atoms with Gasteiger partial charge in [-0.15, -0.1) is 0 Å². The van der Waals surface area contributed by atoms with Crippen LogP contribution in [0.3, 0.4) is 0 Å². The van der Waals surface area contributed by atoms with E-state index in [2.05, 4.69) is 25.0 Å². The van der Waals surface area contributed by atoms with E-state index in [0.29, 0.717) is 5.92 Å². The number of aromatic nitrogens is 2. The summed E-state index contributed by atoms with van der Waals surface area (Å²) < 4.78 is 1.96. The average molecular weight is 237 g/mol. The summed E-state index contributed by atoms with van der Waals surface area (Å²) in [6.07, 6.45) is 5.92. The van der Waals surface area contributed by atoms with E-state index in [4.69, 9.17) is 5.73 Å². The number of hydrogen-bond acceptors (Lipinski definition) is 2. The lowest BCUT2D eigenvalue weighted by atomic mass is 9.89. The molecule has 0 aliphatic heterocycles. The number of unbranched alkanes of at least 4 members (excludes halogenated alkanes) is 1. The third-order valence-corrected chi connectivity index (χ3v) is 3.60. The Morgan fingerprint density at radius 2 is 2.12 bits per heavy atom. The molecule has 3 nitrogen and oxygen atoms in total. The molecule has 17 heavy (non-hydrogen) atoms. The monoisotopic (exact) mass is 237 g/mol. The van der Waals surface area contributed by atoms with E-state index >= 15 is 0 Å². The normalized spacial score (nSPS) is 14.9. The minimum absolute atomic E-state index is 0.265. The summed E-state index contributed by atoms with van der Waals surface area (Å²) in [5, 5.41) is 4.37.